The summed E-state index contributed by atoms with van der Waals surface area (Å²) in [4.78, 5) is 17.3. The van der Waals surface area contributed by atoms with E-state index in [1.165, 1.54) is 0 Å². The van der Waals surface area contributed by atoms with Gasteiger partial charge < -0.3 is 5.11 Å². The van der Waals surface area contributed by atoms with E-state index in [1.54, 1.807) is 6.20 Å². The Morgan fingerprint density at radius 3 is 3.19 bits per heavy atom. The molecule has 2 rings (SSSR count). The van der Waals surface area contributed by atoms with E-state index in [0.29, 0.717) is 6.54 Å². The summed E-state index contributed by atoms with van der Waals surface area (Å²) in [6, 6.07) is 3.58. The fraction of sp³-hybridized carbons (Fsp3) is 0.500. The minimum absolute atomic E-state index is 0.332. The number of hydrogen-bond acceptors (Lipinski definition) is 3. The molecule has 1 saturated heterocycles. The summed E-state index contributed by atoms with van der Waals surface area (Å²) < 4.78 is 0. The normalized spacial score (nSPS) is 21.2. The summed E-state index contributed by atoms with van der Waals surface area (Å²) in [5.41, 5.74) is 2.11. The molecule has 4 nitrogen and oxygen atoms in total. The lowest BCUT2D eigenvalue weighted by molar-refractivity contribution is -0.142. The van der Waals surface area contributed by atoms with Crippen molar-refractivity contribution in [2.75, 3.05) is 6.54 Å². The molecule has 1 aromatic heterocycles. The number of aromatic nitrogens is 1. The molecule has 1 fully saturated rings. The number of pyridine rings is 1. The molecule has 1 N–H and O–H groups in total. The van der Waals surface area contributed by atoms with E-state index in [0.717, 1.165) is 30.6 Å². The molecular weight excluding hydrogens is 204 g/mol. The molecule has 0 saturated carbocycles. The molecule has 4 heteroatoms. The molecule has 86 valence electrons. The van der Waals surface area contributed by atoms with Gasteiger partial charge in [0.2, 0.25) is 0 Å². The number of rotatable bonds is 3. The number of carbonyl (C=O) groups is 1. The molecule has 16 heavy (non-hydrogen) atoms. The van der Waals surface area contributed by atoms with Crippen LogP contribution in [0.15, 0.2) is 18.3 Å². The van der Waals surface area contributed by atoms with Gasteiger partial charge in [0.25, 0.3) is 0 Å². The standard InChI is InChI=1S/C12H16N2O2/c1-9-4-2-6-13-10(9)8-14-7-3-5-11(14)12(15)16/h2,4,6,11H,3,5,7-8H2,1H3,(H,15,16). The van der Waals surface area contributed by atoms with Crippen LogP contribution in [0.5, 0.6) is 0 Å². The second-order valence-corrected chi connectivity index (χ2v) is 4.23. The predicted octanol–water partition coefficient (Wildman–Crippen LogP) is 1.44. The largest absolute Gasteiger partial charge is 0.480 e. The Kier molecular flexibility index (Phi) is 3.19. The lowest BCUT2D eigenvalue weighted by atomic mass is 10.2. The molecule has 1 atom stereocenters. The highest BCUT2D eigenvalue weighted by molar-refractivity contribution is 5.73. The van der Waals surface area contributed by atoms with Crippen molar-refractivity contribution >= 4 is 5.97 Å². The topological polar surface area (TPSA) is 53.4 Å². The first-order valence-electron chi connectivity index (χ1n) is 5.56. The van der Waals surface area contributed by atoms with Gasteiger partial charge in [-0.3, -0.25) is 14.7 Å². The van der Waals surface area contributed by atoms with Gasteiger partial charge in [-0.15, -0.1) is 0 Å². The number of carboxylic acid groups (broad SMARTS) is 1. The highest BCUT2D eigenvalue weighted by Gasteiger charge is 2.30. The summed E-state index contributed by atoms with van der Waals surface area (Å²) in [6.07, 6.45) is 3.47. The van der Waals surface area contributed by atoms with E-state index in [4.69, 9.17) is 5.11 Å². The minimum atomic E-state index is -0.717. The number of carboxylic acids is 1. The molecule has 1 aromatic rings. The van der Waals surface area contributed by atoms with Gasteiger partial charge in [-0.05, 0) is 37.9 Å². The Labute approximate surface area is 94.9 Å². The Balaban J connectivity index is 2.10. The first-order chi connectivity index (χ1) is 7.68. The molecule has 1 unspecified atom stereocenters. The third-order valence-corrected chi connectivity index (χ3v) is 3.12. The molecule has 1 aliphatic heterocycles. The fourth-order valence-corrected chi connectivity index (χ4v) is 2.17. The first kappa shape index (κ1) is 11.1. The second-order valence-electron chi connectivity index (χ2n) is 4.23. The average Bonchev–Trinajstić information content (AvgIpc) is 2.69. The molecule has 2 heterocycles. The summed E-state index contributed by atoms with van der Waals surface area (Å²) >= 11 is 0. The van der Waals surface area contributed by atoms with Crippen molar-refractivity contribution in [3.05, 3.63) is 29.6 Å². The van der Waals surface area contributed by atoms with Crippen LogP contribution < -0.4 is 0 Å². The summed E-state index contributed by atoms with van der Waals surface area (Å²) in [5, 5.41) is 9.07. The van der Waals surface area contributed by atoms with E-state index in [-0.39, 0.29) is 6.04 Å². The van der Waals surface area contributed by atoms with Gasteiger partial charge in [0.1, 0.15) is 6.04 Å². The van der Waals surface area contributed by atoms with E-state index in [2.05, 4.69) is 4.98 Å². The average molecular weight is 220 g/mol. The van der Waals surface area contributed by atoms with Crippen molar-refractivity contribution in [2.24, 2.45) is 0 Å². The maximum absolute atomic E-state index is 11.0. The van der Waals surface area contributed by atoms with Crippen LogP contribution in [0.2, 0.25) is 0 Å². The number of hydrogen-bond donors (Lipinski definition) is 1. The first-order valence-corrected chi connectivity index (χ1v) is 5.56. The van der Waals surface area contributed by atoms with Crippen molar-refractivity contribution in [2.45, 2.75) is 32.4 Å². The zero-order chi connectivity index (χ0) is 11.5. The molecule has 0 amide bonds. The van der Waals surface area contributed by atoms with Crippen LogP contribution in [0.3, 0.4) is 0 Å². The monoisotopic (exact) mass is 220 g/mol. The van der Waals surface area contributed by atoms with Crippen LogP contribution >= 0.6 is 0 Å². The lowest BCUT2D eigenvalue weighted by Gasteiger charge is -2.21. The zero-order valence-corrected chi connectivity index (χ0v) is 9.39. The van der Waals surface area contributed by atoms with Crippen molar-refractivity contribution in [3.63, 3.8) is 0 Å². The van der Waals surface area contributed by atoms with Gasteiger partial charge in [0, 0.05) is 12.7 Å². The van der Waals surface area contributed by atoms with Gasteiger partial charge >= 0.3 is 5.97 Å². The van der Waals surface area contributed by atoms with Gasteiger partial charge in [0.05, 0.1) is 5.69 Å². The maximum atomic E-state index is 11.0. The number of nitrogens with zero attached hydrogens (tertiary/aromatic N) is 2. The molecule has 0 radical (unpaired) electrons. The van der Waals surface area contributed by atoms with Crippen LogP contribution in [-0.2, 0) is 11.3 Å². The number of aryl methyl sites for hydroxylation is 1. The molecule has 0 aliphatic carbocycles. The van der Waals surface area contributed by atoms with Crippen molar-refractivity contribution in [1.82, 2.24) is 9.88 Å². The maximum Gasteiger partial charge on any atom is 0.320 e. The second kappa shape index (κ2) is 4.61. The molecule has 0 spiro atoms. The lowest BCUT2D eigenvalue weighted by Crippen LogP contribution is -2.35. The van der Waals surface area contributed by atoms with Gasteiger partial charge in [-0.2, -0.15) is 0 Å². The van der Waals surface area contributed by atoms with Crippen LogP contribution in [0.25, 0.3) is 0 Å². The minimum Gasteiger partial charge on any atom is -0.480 e. The Bertz CT molecular complexity index is 392. The quantitative estimate of drug-likeness (QED) is 0.837. The Hall–Kier alpha value is -1.42. The molecule has 1 aliphatic rings. The third-order valence-electron chi connectivity index (χ3n) is 3.12. The van der Waals surface area contributed by atoms with E-state index in [9.17, 15) is 4.79 Å². The van der Waals surface area contributed by atoms with Crippen LogP contribution in [0.1, 0.15) is 24.1 Å². The number of likely N-dealkylation sites (tertiary alicyclic amines) is 1. The van der Waals surface area contributed by atoms with E-state index >= 15 is 0 Å². The zero-order valence-electron chi connectivity index (χ0n) is 9.39. The third kappa shape index (κ3) is 2.22. The fourth-order valence-electron chi connectivity index (χ4n) is 2.17. The van der Waals surface area contributed by atoms with Crippen molar-refractivity contribution in [3.8, 4) is 0 Å². The van der Waals surface area contributed by atoms with Crippen molar-refractivity contribution in [1.29, 1.82) is 0 Å². The van der Waals surface area contributed by atoms with Crippen LogP contribution in [0, 0.1) is 6.92 Å². The summed E-state index contributed by atoms with van der Waals surface area (Å²) in [7, 11) is 0. The summed E-state index contributed by atoms with van der Waals surface area (Å²) in [5.74, 6) is -0.717. The molecule has 0 bridgehead atoms. The van der Waals surface area contributed by atoms with Crippen molar-refractivity contribution < 1.29 is 9.90 Å². The van der Waals surface area contributed by atoms with E-state index < -0.39 is 5.97 Å². The van der Waals surface area contributed by atoms with Crippen LogP contribution in [0.4, 0.5) is 0 Å². The molecular formula is C12H16N2O2. The Morgan fingerprint density at radius 1 is 1.69 bits per heavy atom. The van der Waals surface area contributed by atoms with Gasteiger partial charge in [0.15, 0.2) is 0 Å². The highest BCUT2D eigenvalue weighted by Crippen LogP contribution is 2.20. The predicted molar refractivity (Wildman–Crippen MR) is 60.0 cm³/mol. The highest BCUT2D eigenvalue weighted by atomic mass is 16.4. The van der Waals surface area contributed by atoms with Gasteiger partial charge in [-0.25, -0.2) is 0 Å². The Morgan fingerprint density at radius 2 is 2.50 bits per heavy atom. The molecule has 0 aromatic carbocycles. The van der Waals surface area contributed by atoms with Gasteiger partial charge in [-0.1, -0.05) is 6.07 Å². The number of aliphatic carboxylic acids is 1. The van der Waals surface area contributed by atoms with Crippen LogP contribution in [-0.4, -0.2) is 33.5 Å². The van der Waals surface area contributed by atoms with E-state index in [1.807, 2.05) is 24.0 Å². The summed E-state index contributed by atoms with van der Waals surface area (Å²) in [6.45, 7) is 3.50. The SMILES string of the molecule is Cc1cccnc1CN1CCCC1C(=O)O. The smallest absolute Gasteiger partial charge is 0.320 e.